The van der Waals surface area contributed by atoms with Gasteiger partial charge in [0.25, 0.3) is 15.9 Å². The lowest BCUT2D eigenvalue weighted by Crippen LogP contribution is -2.31. The Hall–Kier alpha value is -1.89. The average molecular weight is 474 g/mol. The molecule has 0 saturated carbocycles. The van der Waals surface area contributed by atoms with Gasteiger partial charge in [0.15, 0.2) is 5.69 Å². The lowest BCUT2D eigenvalue weighted by atomic mass is 10.2. The minimum atomic E-state index is -4.84. The van der Waals surface area contributed by atoms with Gasteiger partial charge in [0.2, 0.25) is 0 Å². The summed E-state index contributed by atoms with van der Waals surface area (Å²) in [6.07, 6.45) is -3.63. The molecule has 0 atom stereocenters. The standard InChI is InChI=1S/C13H9BrClF3N4O3S/c14-6-3-10(11(20-5-6)12(23)21-19)22-26(24,25)7-1-2-9(15)8(4-7)13(16,17)18/h1-5,22H,19H2,(H,21,23). The number of anilines is 1. The molecule has 0 bridgehead atoms. The van der Waals surface area contributed by atoms with Crippen LogP contribution in [0.15, 0.2) is 39.8 Å². The van der Waals surface area contributed by atoms with Crippen molar-refractivity contribution in [2.45, 2.75) is 11.1 Å². The first-order valence-corrected chi connectivity index (χ1v) is 9.17. The highest BCUT2D eigenvalue weighted by molar-refractivity contribution is 9.10. The third kappa shape index (κ3) is 4.44. The van der Waals surface area contributed by atoms with E-state index in [1.807, 2.05) is 4.72 Å². The molecule has 140 valence electrons. The summed E-state index contributed by atoms with van der Waals surface area (Å²) in [4.78, 5) is 14.7. The lowest BCUT2D eigenvalue weighted by molar-refractivity contribution is -0.137. The van der Waals surface area contributed by atoms with Crippen LogP contribution in [0.5, 0.6) is 0 Å². The molecule has 2 aromatic rings. The molecule has 0 aliphatic rings. The molecule has 0 fully saturated rings. The zero-order valence-electron chi connectivity index (χ0n) is 12.4. The van der Waals surface area contributed by atoms with Gasteiger partial charge >= 0.3 is 6.18 Å². The fraction of sp³-hybridized carbons (Fsp3) is 0.0769. The lowest BCUT2D eigenvalue weighted by Gasteiger charge is -2.14. The molecule has 0 aliphatic heterocycles. The highest BCUT2D eigenvalue weighted by Gasteiger charge is 2.34. The summed E-state index contributed by atoms with van der Waals surface area (Å²) < 4.78 is 66.0. The number of nitrogens with one attached hydrogen (secondary N) is 2. The molecule has 1 heterocycles. The molecule has 1 amide bonds. The second-order valence-corrected chi connectivity index (χ2v) is 7.77. The monoisotopic (exact) mass is 472 g/mol. The Bertz CT molecular complexity index is 970. The number of nitrogens with zero attached hydrogens (tertiary/aromatic N) is 1. The van der Waals surface area contributed by atoms with Gasteiger partial charge in [0, 0.05) is 10.7 Å². The molecule has 0 radical (unpaired) electrons. The molecule has 1 aromatic carbocycles. The van der Waals surface area contributed by atoms with Gasteiger partial charge in [-0.05, 0) is 40.2 Å². The number of pyridine rings is 1. The second-order valence-electron chi connectivity index (χ2n) is 4.77. The van der Waals surface area contributed by atoms with Crippen LogP contribution >= 0.6 is 27.5 Å². The highest BCUT2D eigenvalue weighted by atomic mass is 79.9. The first-order valence-electron chi connectivity index (χ1n) is 6.52. The van der Waals surface area contributed by atoms with Gasteiger partial charge in [-0.25, -0.2) is 19.2 Å². The minimum Gasteiger partial charge on any atom is -0.289 e. The van der Waals surface area contributed by atoms with E-state index in [0.29, 0.717) is 10.5 Å². The summed E-state index contributed by atoms with van der Waals surface area (Å²) in [6, 6.07) is 3.30. The van der Waals surface area contributed by atoms with Crippen molar-refractivity contribution >= 4 is 49.1 Å². The highest BCUT2D eigenvalue weighted by Crippen LogP contribution is 2.36. The van der Waals surface area contributed by atoms with Crippen LogP contribution in [0.2, 0.25) is 5.02 Å². The number of benzene rings is 1. The van der Waals surface area contributed by atoms with E-state index in [9.17, 15) is 26.4 Å². The molecular formula is C13H9BrClF3N4O3S. The van der Waals surface area contributed by atoms with Crippen LogP contribution in [0.1, 0.15) is 16.1 Å². The van der Waals surface area contributed by atoms with E-state index in [-0.39, 0.29) is 11.4 Å². The number of alkyl halides is 3. The zero-order chi connectivity index (χ0) is 19.7. The molecule has 7 nitrogen and oxygen atoms in total. The number of sulfonamides is 1. The molecular weight excluding hydrogens is 465 g/mol. The average Bonchev–Trinajstić information content (AvgIpc) is 2.53. The molecule has 0 unspecified atom stereocenters. The summed E-state index contributed by atoms with van der Waals surface area (Å²) in [7, 11) is -4.48. The number of carbonyl (C=O) groups is 1. The predicted molar refractivity (Wildman–Crippen MR) is 90.9 cm³/mol. The summed E-state index contributed by atoms with van der Waals surface area (Å²) in [5.74, 6) is 4.10. The number of nitrogens with two attached hydrogens (primary N) is 1. The number of aromatic nitrogens is 1. The maximum Gasteiger partial charge on any atom is 0.417 e. The Morgan fingerprint density at radius 1 is 1.27 bits per heavy atom. The Kier molecular flexibility index (Phi) is 5.80. The van der Waals surface area contributed by atoms with Crippen molar-refractivity contribution < 1.29 is 26.4 Å². The van der Waals surface area contributed by atoms with Crippen LogP contribution < -0.4 is 16.0 Å². The third-order valence-corrected chi connectivity index (χ3v) is 5.12. The Labute approximate surface area is 158 Å². The Morgan fingerprint density at radius 3 is 2.50 bits per heavy atom. The fourth-order valence-corrected chi connectivity index (χ4v) is 3.50. The Morgan fingerprint density at radius 2 is 1.92 bits per heavy atom. The number of rotatable bonds is 4. The summed E-state index contributed by atoms with van der Waals surface area (Å²) in [5.41, 5.74) is -0.183. The van der Waals surface area contributed by atoms with Crippen molar-refractivity contribution in [3.63, 3.8) is 0 Å². The normalized spacial score (nSPS) is 11.9. The van der Waals surface area contributed by atoms with Crippen molar-refractivity contribution in [2.24, 2.45) is 5.84 Å². The van der Waals surface area contributed by atoms with E-state index in [2.05, 4.69) is 20.9 Å². The number of hydrogen-bond donors (Lipinski definition) is 3. The molecule has 0 saturated heterocycles. The van der Waals surface area contributed by atoms with Gasteiger partial charge < -0.3 is 0 Å². The van der Waals surface area contributed by atoms with Crippen LogP contribution in [0.25, 0.3) is 0 Å². The first-order chi connectivity index (χ1) is 12.0. The van der Waals surface area contributed by atoms with Crippen LogP contribution in [0.4, 0.5) is 18.9 Å². The molecule has 26 heavy (non-hydrogen) atoms. The van der Waals surface area contributed by atoms with Gasteiger partial charge in [-0.15, -0.1) is 0 Å². The zero-order valence-corrected chi connectivity index (χ0v) is 15.6. The smallest absolute Gasteiger partial charge is 0.289 e. The maximum absolute atomic E-state index is 12.9. The molecule has 13 heteroatoms. The van der Waals surface area contributed by atoms with Crippen LogP contribution in [0.3, 0.4) is 0 Å². The molecule has 1 aromatic heterocycles. The number of nitrogen functional groups attached to an aromatic ring is 1. The van der Waals surface area contributed by atoms with Crippen molar-refractivity contribution in [1.29, 1.82) is 0 Å². The fourth-order valence-electron chi connectivity index (χ4n) is 1.86. The quantitative estimate of drug-likeness (QED) is 0.359. The van der Waals surface area contributed by atoms with Gasteiger partial charge in [-0.3, -0.25) is 14.9 Å². The van der Waals surface area contributed by atoms with Crippen LogP contribution in [-0.4, -0.2) is 19.3 Å². The van der Waals surface area contributed by atoms with Crippen LogP contribution in [0, 0.1) is 0 Å². The summed E-state index contributed by atoms with van der Waals surface area (Å²) >= 11 is 8.53. The van der Waals surface area contributed by atoms with Gasteiger partial charge in [0.05, 0.1) is 21.2 Å². The van der Waals surface area contributed by atoms with E-state index in [0.717, 1.165) is 12.1 Å². The van der Waals surface area contributed by atoms with E-state index in [4.69, 9.17) is 17.4 Å². The second kappa shape index (κ2) is 7.39. The third-order valence-electron chi connectivity index (χ3n) is 3.00. The van der Waals surface area contributed by atoms with E-state index in [1.54, 1.807) is 5.43 Å². The minimum absolute atomic E-state index is 0.286. The number of hydrazine groups is 1. The SMILES string of the molecule is NNC(=O)c1ncc(Br)cc1NS(=O)(=O)c1ccc(Cl)c(C(F)(F)F)c1. The topological polar surface area (TPSA) is 114 Å². The molecule has 4 N–H and O–H groups in total. The van der Waals surface area contributed by atoms with Gasteiger partial charge in [-0.2, -0.15) is 13.2 Å². The number of halogens is 5. The predicted octanol–water partition coefficient (Wildman–Crippen LogP) is 2.92. The van der Waals surface area contributed by atoms with E-state index in [1.165, 1.54) is 12.3 Å². The molecule has 2 rings (SSSR count). The number of hydrogen-bond acceptors (Lipinski definition) is 5. The summed E-state index contributed by atoms with van der Waals surface area (Å²) in [5, 5.41) is -0.649. The van der Waals surface area contributed by atoms with Crippen molar-refractivity contribution in [3.8, 4) is 0 Å². The van der Waals surface area contributed by atoms with Gasteiger partial charge in [-0.1, -0.05) is 11.6 Å². The van der Waals surface area contributed by atoms with Crippen molar-refractivity contribution in [2.75, 3.05) is 4.72 Å². The van der Waals surface area contributed by atoms with E-state index < -0.39 is 37.6 Å². The Balaban J connectivity index is 2.51. The van der Waals surface area contributed by atoms with Crippen molar-refractivity contribution in [3.05, 3.63) is 51.2 Å². The van der Waals surface area contributed by atoms with Crippen LogP contribution in [-0.2, 0) is 16.2 Å². The molecule has 0 spiro atoms. The maximum atomic E-state index is 12.9. The van der Waals surface area contributed by atoms with E-state index >= 15 is 0 Å². The number of amides is 1. The largest absolute Gasteiger partial charge is 0.417 e. The molecule has 0 aliphatic carbocycles. The van der Waals surface area contributed by atoms with Gasteiger partial charge in [0.1, 0.15) is 0 Å². The summed E-state index contributed by atoms with van der Waals surface area (Å²) in [6.45, 7) is 0. The number of carbonyl (C=O) groups excluding carboxylic acids is 1. The first kappa shape index (κ1) is 20.4. The van der Waals surface area contributed by atoms with Crippen molar-refractivity contribution in [1.82, 2.24) is 10.4 Å².